The van der Waals surface area contributed by atoms with Gasteiger partial charge >= 0.3 is 0 Å². The van der Waals surface area contributed by atoms with Gasteiger partial charge in [-0.15, -0.1) is 0 Å². The van der Waals surface area contributed by atoms with E-state index < -0.39 is 11.9 Å². The van der Waals surface area contributed by atoms with Crippen molar-refractivity contribution in [3.05, 3.63) is 34.9 Å². The molecular formula is C13H18ClN3O2. The number of halogens is 1. The molecule has 6 heteroatoms. The number of hydrogen-bond donors (Lipinski definition) is 3. The Morgan fingerprint density at radius 3 is 2.74 bits per heavy atom. The monoisotopic (exact) mass is 283 g/mol. The van der Waals surface area contributed by atoms with E-state index in [1.165, 1.54) is 0 Å². The molecule has 104 valence electrons. The molecule has 0 unspecified atom stereocenters. The molecule has 1 aromatic rings. The average Bonchev–Trinajstić information content (AvgIpc) is 2.35. The topological polar surface area (TPSA) is 84.2 Å². The molecule has 2 amide bonds. The zero-order valence-electron chi connectivity index (χ0n) is 10.8. The Balaban J connectivity index is 2.77. The summed E-state index contributed by atoms with van der Waals surface area (Å²) in [7, 11) is 1.77. The summed E-state index contributed by atoms with van der Waals surface area (Å²) < 4.78 is 0. The number of hydrogen-bond acceptors (Lipinski definition) is 3. The van der Waals surface area contributed by atoms with Gasteiger partial charge in [-0.2, -0.15) is 0 Å². The van der Waals surface area contributed by atoms with E-state index in [0.717, 1.165) is 5.56 Å². The van der Waals surface area contributed by atoms with Crippen molar-refractivity contribution in [3.63, 3.8) is 0 Å². The fraction of sp³-hybridized carbons (Fsp3) is 0.385. The molecule has 1 aromatic carbocycles. The maximum absolute atomic E-state index is 11.7. The van der Waals surface area contributed by atoms with Crippen molar-refractivity contribution in [2.45, 2.75) is 18.9 Å². The third-order valence-electron chi connectivity index (χ3n) is 2.59. The SMILES string of the molecule is CNCCC(=O)N[C@H](CC(N)=O)c1cccc(Cl)c1. The number of primary amides is 1. The summed E-state index contributed by atoms with van der Waals surface area (Å²) in [5, 5.41) is 6.23. The third-order valence-corrected chi connectivity index (χ3v) is 2.83. The Morgan fingerprint density at radius 2 is 2.16 bits per heavy atom. The highest BCUT2D eigenvalue weighted by atomic mass is 35.5. The Kier molecular flexibility index (Phi) is 6.32. The van der Waals surface area contributed by atoms with Crippen molar-refractivity contribution in [2.24, 2.45) is 5.73 Å². The molecule has 0 aliphatic carbocycles. The lowest BCUT2D eigenvalue weighted by atomic mass is 10.0. The van der Waals surface area contributed by atoms with E-state index in [2.05, 4.69) is 10.6 Å². The van der Waals surface area contributed by atoms with Crippen LogP contribution in [0.15, 0.2) is 24.3 Å². The van der Waals surface area contributed by atoms with Gasteiger partial charge in [0.1, 0.15) is 0 Å². The van der Waals surface area contributed by atoms with Crippen LogP contribution < -0.4 is 16.4 Å². The van der Waals surface area contributed by atoms with E-state index in [1.54, 1.807) is 31.3 Å². The number of rotatable bonds is 7. The van der Waals surface area contributed by atoms with Crippen LogP contribution in [-0.2, 0) is 9.59 Å². The van der Waals surface area contributed by atoms with E-state index in [0.29, 0.717) is 18.0 Å². The number of nitrogens with two attached hydrogens (primary N) is 1. The molecule has 4 N–H and O–H groups in total. The Morgan fingerprint density at radius 1 is 1.42 bits per heavy atom. The summed E-state index contributed by atoms with van der Waals surface area (Å²) in [6.07, 6.45) is 0.387. The van der Waals surface area contributed by atoms with Gasteiger partial charge in [-0.3, -0.25) is 9.59 Å². The lowest BCUT2D eigenvalue weighted by Crippen LogP contribution is -2.33. The molecule has 0 aromatic heterocycles. The highest BCUT2D eigenvalue weighted by Crippen LogP contribution is 2.20. The predicted octanol–water partition coefficient (Wildman–Crippen LogP) is 0.982. The molecule has 0 aliphatic heterocycles. The van der Waals surface area contributed by atoms with E-state index in [-0.39, 0.29) is 12.3 Å². The van der Waals surface area contributed by atoms with Gasteiger partial charge in [-0.25, -0.2) is 0 Å². The molecule has 0 aliphatic rings. The first kappa shape index (κ1) is 15.5. The summed E-state index contributed by atoms with van der Waals surface area (Å²) >= 11 is 5.91. The van der Waals surface area contributed by atoms with Crippen molar-refractivity contribution < 1.29 is 9.59 Å². The fourth-order valence-electron chi connectivity index (χ4n) is 1.68. The van der Waals surface area contributed by atoms with Gasteiger partial charge in [0.2, 0.25) is 11.8 Å². The molecule has 0 radical (unpaired) electrons. The molecule has 1 atom stereocenters. The highest BCUT2D eigenvalue weighted by Gasteiger charge is 2.17. The van der Waals surface area contributed by atoms with Gasteiger partial charge in [0.05, 0.1) is 12.5 Å². The highest BCUT2D eigenvalue weighted by molar-refractivity contribution is 6.30. The molecule has 0 heterocycles. The predicted molar refractivity (Wildman–Crippen MR) is 74.7 cm³/mol. The Bertz CT molecular complexity index is 451. The summed E-state index contributed by atoms with van der Waals surface area (Å²) in [6.45, 7) is 0.574. The summed E-state index contributed by atoms with van der Waals surface area (Å²) in [4.78, 5) is 22.8. The molecule has 0 saturated heterocycles. The normalized spacial score (nSPS) is 11.9. The molecule has 5 nitrogen and oxygen atoms in total. The zero-order valence-corrected chi connectivity index (χ0v) is 11.5. The van der Waals surface area contributed by atoms with E-state index >= 15 is 0 Å². The molecular weight excluding hydrogens is 266 g/mol. The van der Waals surface area contributed by atoms with Crippen LogP contribution >= 0.6 is 11.6 Å². The lowest BCUT2D eigenvalue weighted by Gasteiger charge is -2.18. The van der Waals surface area contributed by atoms with Crippen LogP contribution in [0.5, 0.6) is 0 Å². The maximum atomic E-state index is 11.7. The maximum Gasteiger partial charge on any atom is 0.221 e. The Labute approximate surface area is 117 Å². The van der Waals surface area contributed by atoms with Crippen molar-refractivity contribution in [1.29, 1.82) is 0 Å². The minimum absolute atomic E-state index is 0.0473. The van der Waals surface area contributed by atoms with Crippen molar-refractivity contribution in [2.75, 3.05) is 13.6 Å². The van der Waals surface area contributed by atoms with Gasteiger partial charge in [0, 0.05) is 18.0 Å². The summed E-state index contributed by atoms with van der Waals surface area (Å²) in [6, 6.07) is 6.58. The largest absolute Gasteiger partial charge is 0.370 e. The van der Waals surface area contributed by atoms with E-state index in [4.69, 9.17) is 17.3 Å². The van der Waals surface area contributed by atoms with Crippen molar-refractivity contribution >= 4 is 23.4 Å². The molecule has 0 saturated carbocycles. The Hall–Kier alpha value is -1.59. The third kappa shape index (κ3) is 5.72. The van der Waals surface area contributed by atoms with Crippen LogP contribution in [0, 0.1) is 0 Å². The van der Waals surface area contributed by atoms with Crippen LogP contribution in [0.3, 0.4) is 0 Å². The molecule has 1 rings (SSSR count). The van der Waals surface area contributed by atoms with Crippen LogP contribution in [0.25, 0.3) is 0 Å². The van der Waals surface area contributed by atoms with Gasteiger partial charge in [-0.1, -0.05) is 23.7 Å². The minimum atomic E-state index is -0.473. The van der Waals surface area contributed by atoms with Gasteiger partial charge < -0.3 is 16.4 Å². The van der Waals surface area contributed by atoms with Crippen LogP contribution in [0.4, 0.5) is 0 Å². The van der Waals surface area contributed by atoms with E-state index in [1.807, 2.05) is 0 Å². The summed E-state index contributed by atoms with van der Waals surface area (Å²) in [5.41, 5.74) is 5.98. The van der Waals surface area contributed by atoms with Gasteiger partial charge in [-0.05, 0) is 24.7 Å². The average molecular weight is 284 g/mol. The van der Waals surface area contributed by atoms with E-state index in [9.17, 15) is 9.59 Å². The fourth-order valence-corrected chi connectivity index (χ4v) is 1.88. The lowest BCUT2D eigenvalue weighted by molar-refractivity contribution is -0.122. The van der Waals surface area contributed by atoms with Crippen LogP contribution in [0.1, 0.15) is 24.4 Å². The first-order valence-corrected chi connectivity index (χ1v) is 6.38. The number of carbonyl (C=O) groups excluding carboxylic acids is 2. The van der Waals surface area contributed by atoms with Crippen molar-refractivity contribution in [1.82, 2.24) is 10.6 Å². The zero-order chi connectivity index (χ0) is 14.3. The molecule has 0 bridgehead atoms. The number of nitrogens with one attached hydrogen (secondary N) is 2. The number of amides is 2. The van der Waals surface area contributed by atoms with Gasteiger partial charge in [0.25, 0.3) is 0 Å². The summed E-state index contributed by atoms with van der Waals surface area (Å²) in [5.74, 6) is -0.612. The molecule has 0 fully saturated rings. The first-order valence-electron chi connectivity index (χ1n) is 6.00. The smallest absolute Gasteiger partial charge is 0.221 e. The first-order chi connectivity index (χ1) is 9.02. The van der Waals surface area contributed by atoms with Crippen molar-refractivity contribution in [3.8, 4) is 0 Å². The quantitative estimate of drug-likeness (QED) is 0.697. The second-order valence-corrected chi connectivity index (χ2v) is 4.64. The second kappa shape index (κ2) is 7.76. The van der Waals surface area contributed by atoms with Gasteiger partial charge in [0.15, 0.2) is 0 Å². The number of carbonyl (C=O) groups is 2. The van der Waals surface area contributed by atoms with Crippen LogP contribution in [-0.4, -0.2) is 25.4 Å². The standard InChI is InChI=1S/C13H18ClN3O2/c1-16-6-5-13(19)17-11(8-12(15)18)9-3-2-4-10(14)7-9/h2-4,7,11,16H,5-6,8H2,1H3,(H2,15,18)(H,17,19)/t11-/m1/s1. The molecule has 0 spiro atoms. The number of benzene rings is 1. The van der Waals surface area contributed by atoms with Crippen LogP contribution in [0.2, 0.25) is 5.02 Å². The minimum Gasteiger partial charge on any atom is -0.370 e. The second-order valence-electron chi connectivity index (χ2n) is 4.20. The molecule has 19 heavy (non-hydrogen) atoms.